The molecular weight excluding hydrogens is 342 g/mol. The van der Waals surface area contributed by atoms with Crippen molar-refractivity contribution < 1.29 is 9.90 Å². The first kappa shape index (κ1) is 15.3. The number of hydrogen-bond donors (Lipinski definition) is 4. The van der Waals surface area contributed by atoms with Gasteiger partial charge in [0.25, 0.3) is 5.91 Å². The highest BCUT2D eigenvalue weighted by molar-refractivity contribution is 6.34. The van der Waals surface area contributed by atoms with Crippen molar-refractivity contribution in [3.05, 3.63) is 69.6 Å². The molecule has 0 spiro atoms. The molecule has 0 fully saturated rings. The number of carbonyl (C=O) groups is 1. The van der Waals surface area contributed by atoms with Gasteiger partial charge >= 0.3 is 5.69 Å². The molecule has 1 heterocycles. The number of carbonyl (C=O) groups excluding carboxylic acids is 1. The van der Waals surface area contributed by atoms with Crippen LogP contribution in [0.1, 0.15) is 10.4 Å². The van der Waals surface area contributed by atoms with E-state index in [0.29, 0.717) is 16.7 Å². The molecule has 25 heavy (non-hydrogen) atoms. The highest BCUT2D eigenvalue weighted by Crippen LogP contribution is 2.29. The van der Waals surface area contributed by atoms with Crippen LogP contribution in [0.3, 0.4) is 0 Å². The molecule has 0 aliphatic rings. The lowest BCUT2D eigenvalue weighted by Gasteiger charge is -2.10. The number of nitrogens with one attached hydrogen (secondary N) is 3. The second kappa shape index (κ2) is 5.68. The molecule has 4 rings (SSSR count). The Morgan fingerprint density at radius 3 is 2.36 bits per heavy atom. The highest BCUT2D eigenvalue weighted by Gasteiger charge is 2.15. The number of hydrogen-bond acceptors (Lipinski definition) is 3. The first-order valence-corrected chi connectivity index (χ1v) is 7.84. The Hall–Kier alpha value is -3.25. The van der Waals surface area contributed by atoms with Crippen LogP contribution >= 0.6 is 11.6 Å². The molecule has 4 aromatic rings. The standard InChI is InChI=1S/C18H12ClN3O3/c19-12-7-14-15(22-18(25)21-14)8-13(12)20-17(24)11-5-9-3-1-2-4-10(9)6-16(11)23/h1-8,23H,(H,20,24)(H2,21,22,25). The number of halogens is 1. The minimum absolute atomic E-state index is 0.122. The number of aromatic nitrogens is 2. The van der Waals surface area contributed by atoms with Gasteiger partial charge in [-0.05, 0) is 35.0 Å². The van der Waals surface area contributed by atoms with Gasteiger partial charge < -0.3 is 20.4 Å². The number of benzene rings is 3. The maximum Gasteiger partial charge on any atom is 0.323 e. The maximum atomic E-state index is 12.6. The van der Waals surface area contributed by atoms with Gasteiger partial charge in [-0.3, -0.25) is 4.79 Å². The third-order valence-electron chi connectivity index (χ3n) is 3.96. The Morgan fingerprint density at radius 2 is 1.64 bits per heavy atom. The zero-order valence-corrected chi connectivity index (χ0v) is 13.5. The van der Waals surface area contributed by atoms with Crippen molar-refractivity contribution in [2.45, 2.75) is 0 Å². The third-order valence-corrected chi connectivity index (χ3v) is 4.27. The Bertz CT molecular complexity index is 1190. The van der Waals surface area contributed by atoms with E-state index in [2.05, 4.69) is 15.3 Å². The molecular formula is C18H12ClN3O3. The Balaban J connectivity index is 1.73. The van der Waals surface area contributed by atoms with Gasteiger partial charge in [-0.2, -0.15) is 0 Å². The molecule has 6 nitrogen and oxygen atoms in total. The van der Waals surface area contributed by atoms with E-state index in [1.165, 1.54) is 0 Å². The highest BCUT2D eigenvalue weighted by atomic mass is 35.5. The lowest BCUT2D eigenvalue weighted by atomic mass is 10.1. The number of amides is 1. The van der Waals surface area contributed by atoms with Crippen molar-refractivity contribution in [2.75, 3.05) is 5.32 Å². The van der Waals surface area contributed by atoms with E-state index < -0.39 is 5.91 Å². The monoisotopic (exact) mass is 353 g/mol. The van der Waals surface area contributed by atoms with Crippen LogP contribution in [-0.2, 0) is 0 Å². The molecule has 0 unspecified atom stereocenters. The van der Waals surface area contributed by atoms with Crippen LogP contribution in [0.5, 0.6) is 5.75 Å². The normalized spacial score (nSPS) is 11.1. The SMILES string of the molecule is O=C(Nc1cc2[nH]c(=O)[nH]c2cc1Cl)c1cc2ccccc2cc1O. The number of anilines is 1. The lowest BCUT2D eigenvalue weighted by molar-refractivity contribution is 0.102. The first-order chi connectivity index (χ1) is 12.0. The molecule has 0 aliphatic heterocycles. The average Bonchev–Trinajstić information content (AvgIpc) is 2.93. The van der Waals surface area contributed by atoms with Gasteiger partial charge in [0.1, 0.15) is 5.75 Å². The quantitative estimate of drug-likeness (QED) is 0.443. The minimum Gasteiger partial charge on any atom is -0.507 e. The van der Waals surface area contributed by atoms with Gasteiger partial charge in [-0.1, -0.05) is 35.9 Å². The molecule has 0 saturated heterocycles. The molecule has 0 atom stereocenters. The van der Waals surface area contributed by atoms with Gasteiger partial charge in [0.05, 0.1) is 27.3 Å². The largest absolute Gasteiger partial charge is 0.507 e. The van der Waals surface area contributed by atoms with E-state index in [0.717, 1.165) is 10.8 Å². The molecule has 0 radical (unpaired) electrons. The van der Waals surface area contributed by atoms with Crippen LogP contribution in [0.2, 0.25) is 5.02 Å². The summed E-state index contributed by atoms with van der Waals surface area (Å²) in [5.41, 5.74) is 1.18. The summed E-state index contributed by atoms with van der Waals surface area (Å²) < 4.78 is 0. The van der Waals surface area contributed by atoms with Gasteiger partial charge in [0, 0.05) is 0 Å². The molecule has 0 bridgehead atoms. The van der Waals surface area contributed by atoms with Crippen molar-refractivity contribution in [3.8, 4) is 5.75 Å². The molecule has 4 N–H and O–H groups in total. The Morgan fingerprint density at radius 1 is 1.00 bits per heavy atom. The number of aromatic hydroxyl groups is 1. The number of aromatic amines is 2. The number of rotatable bonds is 2. The molecule has 7 heteroatoms. The zero-order valence-electron chi connectivity index (χ0n) is 12.8. The second-order valence-corrected chi connectivity index (χ2v) is 6.03. The van der Waals surface area contributed by atoms with Crippen molar-refractivity contribution in [3.63, 3.8) is 0 Å². The van der Waals surface area contributed by atoms with Crippen molar-refractivity contribution >= 4 is 45.0 Å². The summed E-state index contributed by atoms with van der Waals surface area (Å²) in [5.74, 6) is -0.620. The number of H-pyrrole nitrogens is 2. The fourth-order valence-electron chi connectivity index (χ4n) is 2.75. The van der Waals surface area contributed by atoms with Crippen molar-refractivity contribution in [2.24, 2.45) is 0 Å². The van der Waals surface area contributed by atoms with E-state index in [-0.39, 0.29) is 22.0 Å². The predicted octanol–water partition coefficient (Wildman–Crippen LogP) is 3.62. The Labute approximate surface area is 146 Å². The molecule has 0 saturated carbocycles. The van der Waals surface area contributed by atoms with Gasteiger partial charge in [-0.15, -0.1) is 0 Å². The van der Waals surface area contributed by atoms with Crippen LogP contribution in [0.4, 0.5) is 5.69 Å². The minimum atomic E-state index is -0.498. The number of phenols is 1. The van der Waals surface area contributed by atoms with Gasteiger partial charge in [-0.25, -0.2) is 4.79 Å². The Kier molecular flexibility index (Phi) is 3.47. The van der Waals surface area contributed by atoms with E-state index in [4.69, 9.17) is 11.6 Å². The topological polar surface area (TPSA) is 98.0 Å². The lowest BCUT2D eigenvalue weighted by Crippen LogP contribution is -2.12. The fraction of sp³-hybridized carbons (Fsp3) is 0. The van der Waals surface area contributed by atoms with Gasteiger partial charge in [0.15, 0.2) is 0 Å². The van der Waals surface area contributed by atoms with Gasteiger partial charge in [0.2, 0.25) is 0 Å². The summed E-state index contributed by atoms with van der Waals surface area (Å²) in [6, 6.07) is 13.7. The van der Waals surface area contributed by atoms with Crippen molar-refractivity contribution in [1.82, 2.24) is 9.97 Å². The maximum absolute atomic E-state index is 12.6. The van der Waals surface area contributed by atoms with Crippen LogP contribution < -0.4 is 11.0 Å². The molecule has 0 aliphatic carbocycles. The number of phenolic OH excluding ortho intramolecular Hbond substituents is 1. The average molecular weight is 354 g/mol. The third kappa shape index (κ3) is 2.72. The molecule has 124 valence electrons. The number of fused-ring (bicyclic) bond motifs is 2. The first-order valence-electron chi connectivity index (χ1n) is 7.46. The van der Waals surface area contributed by atoms with Crippen LogP contribution in [-0.4, -0.2) is 21.0 Å². The van der Waals surface area contributed by atoms with Crippen molar-refractivity contribution in [1.29, 1.82) is 0 Å². The van der Waals surface area contributed by atoms with E-state index in [1.807, 2.05) is 24.3 Å². The summed E-state index contributed by atoms with van der Waals surface area (Å²) in [4.78, 5) is 29.1. The van der Waals surface area contributed by atoms with E-state index in [1.54, 1.807) is 24.3 Å². The van der Waals surface area contributed by atoms with Crippen LogP contribution in [0.15, 0.2) is 53.3 Å². The van der Waals surface area contributed by atoms with Crippen LogP contribution in [0.25, 0.3) is 21.8 Å². The summed E-state index contributed by atoms with van der Waals surface area (Å²) in [6.45, 7) is 0. The molecule has 3 aromatic carbocycles. The predicted molar refractivity (Wildman–Crippen MR) is 97.5 cm³/mol. The smallest absolute Gasteiger partial charge is 0.323 e. The van der Waals surface area contributed by atoms with Crippen LogP contribution in [0, 0.1) is 0 Å². The summed E-state index contributed by atoms with van der Waals surface area (Å²) >= 11 is 6.17. The van der Waals surface area contributed by atoms with E-state index in [9.17, 15) is 14.7 Å². The molecule has 1 amide bonds. The van der Waals surface area contributed by atoms with E-state index >= 15 is 0 Å². The summed E-state index contributed by atoms with van der Waals surface area (Å²) in [5, 5.41) is 14.8. The molecule has 1 aromatic heterocycles. The number of imidazole rings is 1. The summed E-state index contributed by atoms with van der Waals surface area (Å²) in [6.07, 6.45) is 0. The second-order valence-electron chi connectivity index (χ2n) is 5.63. The zero-order chi connectivity index (χ0) is 17.6. The fourth-order valence-corrected chi connectivity index (χ4v) is 2.96. The summed E-state index contributed by atoms with van der Waals surface area (Å²) in [7, 11) is 0.